The van der Waals surface area contributed by atoms with E-state index in [-0.39, 0.29) is 6.54 Å². The van der Waals surface area contributed by atoms with Crippen LogP contribution in [0, 0.1) is 0 Å². The van der Waals surface area contributed by atoms with Crippen molar-refractivity contribution in [1.82, 2.24) is 9.03 Å². The van der Waals surface area contributed by atoms with Crippen LogP contribution in [0.1, 0.15) is 0 Å². The summed E-state index contributed by atoms with van der Waals surface area (Å²) < 4.78 is 42.2. The Labute approximate surface area is 95.8 Å². The van der Waals surface area contributed by atoms with Crippen LogP contribution >= 0.6 is 0 Å². The van der Waals surface area contributed by atoms with Crippen molar-refractivity contribution >= 4 is 10.2 Å². The predicted octanol–water partition coefficient (Wildman–Crippen LogP) is -1.23. The van der Waals surface area contributed by atoms with Crippen molar-refractivity contribution in [3.8, 4) is 0 Å². The first-order valence-corrected chi connectivity index (χ1v) is 6.42. The molecule has 0 aromatic rings. The van der Waals surface area contributed by atoms with Crippen LogP contribution < -0.4 is 4.72 Å². The number of rotatable bonds is 6. The maximum absolute atomic E-state index is 11.8. The number of hydrogen-bond donors (Lipinski definition) is 1. The molecule has 1 rings (SSSR count). The average Bonchev–Trinajstić information content (AvgIpc) is 2.31. The Morgan fingerprint density at radius 1 is 1.31 bits per heavy atom. The molecular formula is C8H18N2O5S. The largest absolute Gasteiger partial charge is 0.379 e. The van der Waals surface area contributed by atoms with E-state index in [0.29, 0.717) is 26.3 Å². The van der Waals surface area contributed by atoms with Crippen LogP contribution in [-0.2, 0) is 24.4 Å². The van der Waals surface area contributed by atoms with Crippen molar-refractivity contribution in [3.63, 3.8) is 0 Å². The molecular weight excluding hydrogens is 236 g/mol. The van der Waals surface area contributed by atoms with Gasteiger partial charge in [0.05, 0.1) is 19.8 Å². The molecule has 96 valence electrons. The maximum atomic E-state index is 11.8. The van der Waals surface area contributed by atoms with Gasteiger partial charge in [-0.2, -0.15) is 17.4 Å². The molecule has 0 aliphatic carbocycles. The van der Waals surface area contributed by atoms with E-state index in [4.69, 9.17) is 14.2 Å². The van der Waals surface area contributed by atoms with Crippen LogP contribution in [0.2, 0.25) is 0 Å². The van der Waals surface area contributed by atoms with E-state index in [9.17, 15) is 8.42 Å². The van der Waals surface area contributed by atoms with E-state index in [2.05, 4.69) is 4.72 Å². The summed E-state index contributed by atoms with van der Waals surface area (Å²) in [5, 5.41) is 0. The quantitative estimate of drug-likeness (QED) is 0.601. The average molecular weight is 254 g/mol. The van der Waals surface area contributed by atoms with Crippen LogP contribution in [-0.4, -0.2) is 66.1 Å². The molecule has 8 heteroatoms. The molecule has 0 radical (unpaired) electrons. The molecule has 0 amide bonds. The summed E-state index contributed by atoms with van der Waals surface area (Å²) >= 11 is 0. The first kappa shape index (κ1) is 13.8. The predicted molar refractivity (Wildman–Crippen MR) is 57.1 cm³/mol. The second kappa shape index (κ2) is 6.48. The molecule has 1 saturated heterocycles. The van der Waals surface area contributed by atoms with Crippen molar-refractivity contribution in [3.05, 3.63) is 0 Å². The van der Waals surface area contributed by atoms with E-state index in [1.54, 1.807) is 0 Å². The Balaban J connectivity index is 2.44. The van der Waals surface area contributed by atoms with Gasteiger partial charge in [0.1, 0.15) is 0 Å². The zero-order valence-electron chi connectivity index (χ0n) is 9.51. The molecule has 0 spiro atoms. The van der Waals surface area contributed by atoms with Crippen molar-refractivity contribution in [1.29, 1.82) is 0 Å². The zero-order chi connectivity index (χ0) is 12.0. The number of nitrogens with zero attached hydrogens (tertiary/aromatic N) is 1. The maximum Gasteiger partial charge on any atom is 0.279 e. The SMILES string of the molecule is COC(CNS(=O)(=O)N1CCOCC1)OC. The highest BCUT2D eigenvalue weighted by atomic mass is 32.2. The molecule has 1 heterocycles. The summed E-state index contributed by atoms with van der Waals surface area (Å²) in [6, 6.07) is 0. The third kappa shape index (κ3) is 3.96. The third-order valence-corrected chi connectivity index (χ3v) is 3.84. The van der Waals surface area contributed by atoms with Crippen molar-refractivity contribution < 1.29 is 22.6 Å². The lowest BCUT2D eigenvalue weighted by molar-refractivity contribution is -0.0962. The zero-order valence-corrected chi connectivity index (χ0v) is 10.3. The lowest BCUT2D eigenvalue weighted by Crippen LogP contribution is -2.48. The Morgan fingerprint density at radius 3 is 2.38 bits per heavy atom. The van der Waals surface area contributed by atoms with Crippen LogP contribution in [0.3, 0.4) is 0 Å². The number of hydrogen-bond acceptors (Lipinski definition) is 5. The molecule has 0 atom stereocenters. The fourth-order valence-corrected chi connectivity index (χ4v) is 2.47. The number of morpholine rings is 1. The van der Waals surface area contributed by atoms with Gasteiger partial charge in [-0.05, 0) is 0 Å². The number of ether oxygens (including phenoxy) is 3. The minimum atomic E-state index is -3.46. The molecule has 0 saturated carbocycles. The molecule has 0 aromatic carbocycles. The summed E-state index contributed by atoms with van der Waals surface area (Å²) in [6.07, 6.45) is -0.573. The van der Waals surface area contributed by atoms with E-state index in [1.165, 1.54) is 18.5 Å². The van der Waals surface area contributed by atoms with Crippen LogP contribution in [0.25, 0.3) is 0 Å². The van der Waals surface area contributed by atoms with Gasteiger partial charge >= 0.3 is 0 Å². The summed E-state index contributed by atoms with van der Waals surface area (Å²) in [6.45, 7) is 1.70. The summed E-state index contributed by atoms with van der Waals surface area (Å²) in [7, 11) is -0.544. The van der Waals surface area contributed by atoms with E-state index in [1.807, 2.05) is 0 Å². The highest BCUT2D eigenvalue weighted by Gasteiger charge is 2.24. The Bertz CT molecular complexity index is 285. The van der Waals surface area contributed by atoms with Crippen molar-refractivity contribution in [2.24, 2.45) is 0 Å². The van der Waals surface area contributed by atoms with E-state index < -0.39 is 16.5 Å². The second-order valence-electron chi connectivity index (χ2n) is 3.27. The molecule has 1 aliphatic rings. The Kier molecular flexibility index (Phi) is 5.59. The topological polar surface area (TPSA) is 77.1 Å². The van der Waals surface area contributed by atoms with Gasteiger partial charge in [-0.15, -0.1) is 0 Å². The molecule has 16 heavy (non-hydrogen) atoms. The summed E-state index contributed by atoms with van der Waals surface area (Å²) in [5.74, 6) is 0. The Morgan fingerprint density at radius 2 is 1.88 bits per heavy atom. The Hall–Kier alpha value is -0.250. The minimum absolute atomic E-state index is 0.0900. The van der Waals surface area contributed by atoms with E-state index in [0.717, 1.165) is 0 Å². The van der Waals surface area contributed by atoms with Gasteiger partial charge in [-0.25, -0.2) is 0 Å². The van der Waals surface area contributed by atoms with Crippen LogP contribution in [0.15, 0.2) is 0 Å². The van der Waals surface area contributed by atoms with Gasteiger partial charge in [0.15, 0.2) is 6.29 Å². The molecule has 1 fully saturated rings. The number of methoxy groups -OCH3 is 2. The van der Waals surface area contributed by atoms with Crippen molar-refractivity contribution in [2.45, 2.75) is 6.29 Å². The van der Waals surface area contributed by atoms with Gasteiger partial charge in [0.2, 0.25) is 0 Å². The van der Waals surface area contributed by atoms with Gasteiger partial charge in [0, 0.05) is 27.3 Å². The highest BCUT2D eigenvalue weighted by Crippen LogP contribution is 2.03. The van der Waals surface area contributed by atoms with E-state index >= 15 is 0 Å². The van der Waals surface area contributed by atoms with Crippen molar-refractivity contribution in [2.75, 3.05) is 47.1 Å². The lowest BCUT2D eigenvalue weighted by Gasteiger charge is -2.26. The minimum Gasteiger partial charge on any atom is -0.379 e. The lowest BCUT2D eigenvalue weighted by atomic mass is 10.5. The summed E-state index contributed by atoms with van der Waals surface area (Å²) in [4.78, 5) is 0. The summed E-state index contributed by atoms with van der Waals surface area (Å²) in [5.41, 5.74) is 0. The monoisotopic (exact) mass is 254 g/mol. The standard InChI is InChI=1S/C8H18N2O5S/c1-13-8(14-2)7-9-16(11,12)10-3-5-15-6-4-10/h8-9H,3-7H2,1-2H3. The number of nitrogens with one attached hydrogen (secondary N) is 1. The molecule has 0 bridgehead atoms. The molecule has 0 unspecified atom stereocenters. The van der Waals surface area contributed by atoms with Gasteiger partial charge in [-0.3, -0.25) is 0 Å². The molecule has 7 nitrogen and oxygen atoms in total. The smallest absolute Gasteiger partial charge is 0.279 e. The first-order valence-electron chi connectivity index (χ1n) is 4.98. The third-order valence-electron chi connectivity index (χ3n) is 2.27. The highest BCUT2D eigenvalue weighted by molar-refractivity contribution is 7.87. The van der Waals surface area contributed by atoms with Gasteiger partial charge in [0.25, 0.3) is 10.2 Å². The second-order valence-corrected chi connectivity index (χ2v) is 5.02. The molecule has 1 N–H and O–H groups in total. The van der Waals surface area contributed by atoms with Crippen LogP contribution in [0.4, 0.5) is 0 Å². The molecule has 1 aliphatic heterocycles. The van der Waals surface area contributed by atoms with Gasteiger partial charge < -0.3 is 14.2 Å². The van der Waals surface area contributed by atoms with Gasteiger partial charge in [-0.1, -0.05) is 0 Å². The molecule has 0 aromatic heterocycles. The fraction of sp³-hybridized carbons (Fsp3) is 1.00. The first-order chi connectivity index (χ1) is 7.60. The van der Waals surface area contributed by atoms with Crippen LogP contribution in [0.5, 0.6) is 0 Å². The normalized spacial score (nSPS) is 19.2. The fourth-order valence-electron chi connectivity index (χ4n) is 1.31.